The number of carbonyl (C=O) groups is 1. The van der Waals surface area contributed by atoms with E-state index in [9.17, 15) is 15.0 Å². The van der Waals surface area contributed by atoms with Crippen LogP contribution in [0.2, 0.25) is 5.02 Å². The van der Waals surface area contributed by atoms with E-state index in [0.29, 0.717) is 5.92 Å². The molecule has 1 atom stereocenters. The first kappa shape index (κ1) is 12.2. The lowest BCUT2D eigenvalue weighted by Gasteiger charge is -2.11. The van der Waals surface area contributed by atoms with Gasteiger partial charge in [-0.05, 0) is 37.0 Å². The lowest BCUT2D eigenvalue weighted by atomic mass is 10.2. The standard InChI is InChI=1S/C12H14ClNO3/c13-10-4-3-8(15)5-9(10)12(17)14-6-11(16)7-1-2-7/h3-5,7,11,15-16H,1-2,6H2,(H,14,17)/t11-/m1/s1. The zero-order valence-electron chi connectivity index (χ0n) is 9.19. The van der Waals surface area contributed by atoms with Gasteiger partial charge < -0.3 is 15.5 Å². The van der Waals surface area contributed by atoms with Crippen LogP contribution in [0.25, 0.3) is 0 Å². The predicted octanol–water partition coefficient (Wildman–Crippen LogP) is 1.55. The van der Waals surface area contributed by atoms with E-state index in [2.05, 4.69) is 5.32 Å². The van der Waals surface area contributed by atoms with Crippen molar-refractivity contribution in [3.05, 3.63) is 28.8 Å². The van der Waals surface area contributed by atoms with Crippen LogP contribution in [0.4, 0.5) is 0 Å². The first-order valence-electron chi connectivity index (χ1n) is 5.52. The Hall–Kier alpha value is -1.26. The molecule has 92 valence electrons. The normalized spacial score (nSPS) is 16.6. The van der Waals surface area contributed by atoms with Crippen molar-refractivity contribution in [2.24, 2.45) is 5.92 Å². The number of hydrogen-bond donors (Lipinski definition) is 3. The number of rotatable bonds is 4. The van der Waals surface area contributed by atoms with Gasteiger partial charge in [-0.3, -0.25) is 4.79 Å². The molecule has 1 aliphatic carbocycles. The topological polar surface area (TPSA) is 69.6 Å². The Labute approximate surface area is 104 Å². The third-order valence-corrected chi connectivity index (χ3v) is 3.16. The fourth-order valence-corrected chi connectivity index (χ4v) is 1.83. The van der Waals surface area contributed by atoms with Gasteiger partial charge >= 0.3 is 0 Å². The molecule has 1 amide bonds. The summed E-state index contributed by atoms with van der Waals surface area (Å²) in [6.45, 7) is 0.218. The molecular weight excluding hydrogens is 242 g/mol. The fourth-order valence-electron chi connectivity index (χ4n) is 1.63. The molecule has 1 fully saturated rings. The first-order chi connectivity index (χ1) is 8.08. The second-order valence-electron chi connectivity index (χ2n) is 4.28. The van der Waals surface area contributed by atoms with Crippen molar-refractivity contribution >= 4 is 17.5 Å². The molecule has 1 aromatic carbocycles. The lowest BCUT2D eigenvalue weighted by Crippen LogP contribution is -2.33. The largest absolute Gasteiger partial charge is 0.508 e. The van der Waals surface area contributed by atoms with Crippen LogP contribution in [0.3, 0.4) is 0 Å². The smallest absolute Gasteiger partial charge is 0.253 e. The molecule has 0 saturated heterocycles. The summed E-state index contributed by atoms with van der Waals surface area (Å²) in [5.74, 6) is -0.0807. The monoisotopic (exact) mass is 255 g/mol. The maximum Gasteiger partial charge on any atom is 0.253 e. The van der Waals surface area contributed by atoms with Crippen LogP contribution in [0, 0.1) is 5.92 Å². The number of amides is 1. The van der Waals surface area contributed by atoms with Crippen molar-refractivity contribution in [3.63, 3.8) is 0 Å². The van der Waals surface area contributed by atoms with Crippen LogP contribution in [0.15, 0.2) is 18.2 Å². The van der Waals surface area contributed by atoms with E-state index in [0.717, 1.165) is 12.8 Å². The quantitative estimate of drug-likeness (QED) is 0.765. The van der Waals surface area contributed by atoms with Gasteiger partial charge in [0.05, 0.1) is 16.7 Å². The number of aromatic hydroxyl groups is 1. The minimum atomic E-state index is -0.491. The van der Waals surface area contributed by atoms with Crippen LogP contribution in [-0.2, 0) is 0 Å². The van der Waals surface area contributed by atoms with E-state index in [1.54, 1.807) is 0 Å². The Kier molecular flexibility index (Phi) is 3.54. The third kappa shape index (κ3) is 3.11. The highest BCUT2D eigenvalue weighted by Gasteiger charge is 2.29. The summed E-state index contributed by atoms with van der Waals surface area (Å²) in [6.07, 6.45) is 1.54. The van der Waals surface area contributed by atoms with Gasteiger partial charge in [0.15, 0.2) is 0 Å². The minimum Gasteiger partial charge on any atom is -0.508 e. The van der Waals surface area contributed by atoms with E-state index in [-0.39, 0.29) is 28.8 Å². The number of carbonyl (C=O) groups excluding carboxylic acids is 1. The van der Waals surface area contributed by atoms with E-state index in [1.165, 1.54) is 18.2 Å². The summed E-state index contributed by atoms with van der Waals surface area (Å²) in [6, 6.07) is 4.18. The molecular formula is C12H14ClNO3. The highest BCUT2D eigenvalue weighted by atomic mass is 35.5. The number of phenols is 1. The number of nitrogens with one attached hydrogen (secondary N) is 1. The summed E-state index contributed by atoms with van der Waals surface area (Å²) in [4.78, 5) is 11.7. The van der Waals surface area contributed by atoms with Gasteiger partial charge in [0.2, 0.25) is 0 Å². The first-order valence-corrected chi connectivity index (χ1v) is 5.90. The summed E-state index contributed by atoms with van der Waals surface area (Å²) in [7, 11) is 0. The Bertz CT molecular complexity index is 432. The van der Waals surface area contributed by atoms with E-state index >= 15 is 0 Å². The van der Waals surface area contributed by atoms with Crippen molar-refractivity contribution in [1.29, 1.82) is 0 Å². The number of halogens is 1. The molecule has 3 N–H and O–H groups in total. The fraction of sp³-hybridized carbons (Fsp3) is 0.417. The van der Waals surface area contributed by atoms with Crippen molar-refractivity contribution in [2.45, 2.75) is 18.9 Å². The summed E-state index contributed by atoms with van der Waals surface area (Å²) >= 11 is 5.85. The molecule has 0 spiro atoms. The third-order valence-electron chi connectivity index (χ3n) is 2.83. The van der Waals surface area contributed by atoms with Gasteiger partial charge in [-0.15, -0.1) is 0 Å². The minimum absolute atomic E-state index is 0.0118. The Morgan fingerprint density at radius 2 is 2.24 bits per heavy atom. The van der Waals surface area contributed by atoms with Gasteiger partial charge in [0.1, 0.15) is 5.75 Å². The molecule has 17 heavy (non-hydrogen) atoms. The average molecular weight is 256 g/mol. The van der Waals surface area contributed by atoms with E-state index in [4.69, 9.17) is 11.6 Å². The maximum atomic E-state index is 11.7. The zero-order valence-corrected chi connectivity index (χ0v) is 9.94. The molecule has 0 radical (unpaired) electrons. The van der Waals surface area contributed by atoms with Gasteiger partial charge in [-0.1, -0.05) is 11.6 Å². The average Bonchev–Trinajstić information content (AvgIpc) is 3.12. The van der Waals surface area contributed by atoms with Crippen LogP contribution < -0.4 is 5.32 Å². The molecule has 0 aromatic heterocycles. The van der Waals surface area contributed by atoms with Gasteiger partial charge in [-0.2, -0.15) is 0 Å². The lowest BCUT2D eigenvalue weighted by molar-refractivity contribution is 0.0901. The molecule has 0 bridgehead atoms. The van der Waals surface area contributed by atoms with E-state index in [1.807, 2.05) is 0 Å². The molecule has 1 aliphatic rings. The van der Waals surface area contributed by atoms with Gasteiger partial charge in [0.25, 0.3) is 5.91 Å². The van der Waals surface area contributed by atoms with Crippen molar-refractivity contribution in [1.82, 2.24) is 5.32 Å². The van der Waals surface area contributed by atoms with Gasteiger partial charge in [-0.25, -0.2) is 0 Å². The molecule has 4 nitrogen and oxygen atoms in total. The number of hydrogen-bond acceptors (Lipinski definition) is 3. The van der Waals surface area contributed by atoms with Crippen LogP contribution >= 0.6 is 11.6 Å². The molecule has 0 heterocycles. The molecule has 2 rings (SSSR count). The van der Waals surface area contributed by atoms with Crippen molar-refractivity contribution in [2.75, 3.05) is 6.54 Å². The zero-order chi connectivity index (χ0) is 12.4. The highest BCUT2D eigenvalue weighted by Crippen LogP contribution is 2.32. The number of aliphatic hydroxyl groups excluding tert-OH is 1. The van der Waals surface area contributed by atoms with E-state index < -0.39 is 6.10 Å². The SMILES string of the molecule is O=C(NC[C@@H](O)C1CC1)c1cc(O)ccc1Cl. The van der Waals surface area contributed by atoms with Crippen molar-refractivity contribution in [3.8, 4) is 5.75 Å². The van der Waals surface area contributed by atoms with Crippen molar-refractivity contribution < 1.29 is 15.0 Å². The number of benzene rings is 1. The molecule has 1 aromatic rings. The summed E-state index contributed by atoms with van der Waals surface area (Å²) < 4.78 is 0. The molecule has 1 saturated carbocycles. The summed E-state index contributed by atoms with van der Waals surface area (Å²) in [5.41, 5.74) is 0.217. The van der Waals surface area contributed by atoms with Gasteiger partial charge in [0, 0.05) is 6.54 Å². The Morgan fingerprint density at radius 3 is 2.88 bits per heavy atom. The van der Waals surface area contributed by atoms with Crippen LogP contribution in [-0.4, -0.2) is 28.8 Å². The second-order valence-corrected chi connectivity index (χ2v) is 4.69. The number of phenolic OH excluding ortho intramolecular Hbond substituents is 1. The molecule has 5 heteroatoms. The van der Waals surface area contributed by atoms with Crippen LogP contribution in [0.1, 0.15) is 23.2 Å². The molecule has 0 unspecified atom stereocenters. The number of aliphatic hydroxyl groups is 1. The Morgan fingerprint density at radius 1 is 1.53 bits per heavy atom. The van der Waals surface area contributed by atoms with Crippen LogP contribution in [0.5, 0.6) is 5.75 Å². The second kappa shape index (κ2) is 4.94. The maximum absolute atomic E-state index is 11.7. The Balaban J connectivity index is 1.96. The predicted molar refractivity (Wildman–Crippen MR) is 64.2 cm³/mol. The summed E-state index contributed by atoms with van der Waals surface area (Å²) in [5, 5.41) is 21.8. The highest BCUT2D eigenvalue weighted by molar-refractivity contribution is 6.33. The molecule has 0 aliphatic heterocycles.